The summed E-state index contributed by atoms with van der Waals surface area (Å²) in [6.45, 7) is 0.295. The average molecular weight is 463 g/mol. The second kappa shape index (κ2) is 11.9. The summed E-state index contributed by atoms with van der Waals surface area (Å²) in [5, 5.41) is 18.2. The van der Waals surface area contributed by atoms with Crippen molar-refractivity contribution in [2.45, 2.75) is 57.1 Å². The van der Waals surface area contributed by atoms with Gasteiger partial charge in [0.2, 0.25) is 5.91 Å². The molecule has 1 aromatic carbocycles. The Kier molecular flexibility index (Phi) is 8.44. The van der Waals surface area contributed by atoms with Crippen molar-refractivity contribution in [3.8, 4) is 5.75 Å². The molecule has 0 radical (unpaired) electrons. The Bertz CT molecular complexity index is 1080. The first-order valence-corrected chi connectivity index (χ1v) is 12.2. The quantitative estimate of drug-likeness (QED) is 0.401. The lowest BCUT2D eigenvalue weighted by atomic mass is 9.91. The number of benzene rings is 1. The summed E-state index contributed by atoms with van der Waals surface area (Å²) in [5.74, 6) is 1.87. The minimum absolute atomic E-state index is 0.0659. The van der Waals surface area contributed by atoms with Gasteiger partial charge in [-0.1, -0.05) is 18.9 Å². The minimum atomic E-state index is -0.523. The zero-order valence-electron chi connectivity index (χ0n) is 19.7. The fourth-order valence-corrected chi connectivity index (χ4v) is 4.85. The third-order valence-electron chi connectivity index (χ3n) is 6.76. The second-order valence-electron chi connectivity index (χ2n) is 9.09. The number of aromatic nitrogens is 2. The van der Waals surface area contributed by atoms with Crippen LogP contribution in [0.2, 0.25) is 0 Å². The maximum Gasteiger partial charge on any atom is 0.239 e. The number of methoxy groups -OCH3 is 1. The summed E-state index contributed by atoms with van der Waals surface area (Å²) in [4.78, 5) is 20.7. The van der Waals surface area contributed by atoms with E-state index < -0.39 is 6.10 Å². The van der Waals surface area contributed by atoms with Crippen molar-refractivity contribution in [3.05, 3.63) is 60.4 Å². The van der Waals surface area contributed by atoms with Crippen LogP contribution < -0.4 is 15.4 Å². The van der Waals surface area contributed by atoms with Gasteiger partial charge >= 0.3 is 0 Å². The topological polar surface area (TPSA) is 96.4 Å². The Balaban J connectivity index is 1.24. The van der Waals surface area contributed by atoms with Crippen LogP contribution in [-0.4, -0.2) is 40.7 Å². The first-order chi connectivity index (χ1) is 16.6. The standard InChI is InChI=1S/C27H34N4O3/c1-34-21-11-12-24-23(17-21)22(14-16-28-24)25(32)13-9-19-5-4-6-20(10-8-19)30-18-27(33)31-26-7-2-3-15-29-26/h2-3,7,11-12,14-17,19-20,25,30,32H,4-6,8-10,13,18H2,1H3,(H,29,31,33)/t19?,20?,25-/m0/s1. The maximum absolute atomic E-state index is 12.2. The lowest BCUT2D eigenvalue weighted by molar-refractivity contribution is -0.115. The number of anilines is 1. The predicted octanol–water partition coefficient (Wildman–Crippen LogP) is 4.63. The van der Waals surface area contributed by atoms with E-state index in [2.05, 4.69) is 20.6 Å². The van der Waals surface area contributed by atoms with Crippen molar-refractivity contribution in [2.24, 2.45) is 5.92 Å². The molecule has 2 heterocycles. The number of nitrogens with zero attached hydrogens (tertiary/aromatic N) is 2. The normalized spacial score (nSPS) is 19.4. The van der Waals surface area contributed by atoms with E-state index in [9.17, 15) is 9.90 Å². The fraction of sp³-hybridized carbons (Fsp3) is 0.444. The molecule has 1 aliphatic rings. The molecule has 2 aromatic heterocycles. The highest BCUT2D eigenvalue weighted by atomic mass is 16.5. The number of hydrogen-bond donors (Lipinski definition) is 3. The fourth-order valence-electron chi connectivity index (χ4n) is 4.85. The van der Waals surface area contributed by atoms with Crippen LogP contribution in [0.5, 0.6) is 5.75 Å². The SMILES string of the molecule is COc1ccc2nccc([C@@H](O)CCC3CCCC(NCC(=O)Nc4ccccn4)CC3)c2c1. The van der Waals surface area contributed by atoms with Crippen molar-refractivity contribution in [3.63, 3.8) is 0 Å². The summed E-state index contributed by atoms with van der Waals surface area (Å²) in [5.41, 5.74) is 1.78. The zero-order valence-corrected chi connectivity index (χ0v) is 19.7. The summed E-state index contributed by atoms with van der Waals surface area (Å²) in [7, 11) is 1.65. The molecule has 180 valence electrons. The number of carbonyl (C=O) groups excluding carboxylic acids is 1. The molecule has 1 fully saturated rings. The summed E-state index contributed by atoms with van der Waals surface area (Å²) < 4.78 is 5.36. The van der Waals surface area contributed by atoms with Crippen LogP contribution >= 0.6 is 0 Å². The molecule has 3 aromatic rings. The molecular formula is C27H34N4O3. The largest absolute Gasteiger partial charge is 0.497 e. The van der Waals surface area contributed by atoms with Gasteiger partial charge in [-0.05, 0) is 80.0 Å². The number of fused-ring (bicyclic) bond motifs is 1. The highest BCUT2D eigenvalue weighted by Crippen LogP contribution is 2.33. The first kappa shape index (κ1) is 24.1. The van der Waals surface area contributed by atoms with Crippen LogP contribution in [0.4, 0.5) is 5.82 Å². The maximum atomic E-state index is 12.2. The van der Waals surface area contributed by atoms with Gasteiger partial charge in [0.1, 0.15) is 11.6 Å². The third-order valence-corrected chi connectivity index (χ3v) is 6.76. The highest BCUT2D eigenvalue weighted by molar-refractivity contribution is 5.91. The third kappa shape index (κ3) is 6.52. The van der Waals surface area contributed by atoms with Crippen molar-refractivity contribution < 1.29 is 14.6 Å². The lowest BCUT2D eigenvalue weighted by Gasteiger charge is -2.19. The number of carbonyl (C=O) groups is 1. The van der Waals surface area contributed by atoms with E-state index in [4.69, 9.17) is 4.74 Å². The molecule has 1 saturated carbocycles. The molecule has 34 heavy (non-hydrogen) atoms. The molecule has 0 bridgehead atoms. The molecule has 0 aliphatic heterocycles. The van der Waals surface area contributed by atoms with Crippen molar-refractivity contribution in [2.75, 3.05) is 19.0 Å². The van der Waals surface area contributed by atoms with E-state index in [1.807, 2.05) is 36.4 Å². The highest BCUT2D eigenvalue weighted by Gasteiger charge is 2.21. The molecule has 3 atom stereocenters. The second-order valence-corrected chi connectivity index (χ2v) is 9.09. The van der Waals surface area contributed by atoms with Gasteiger partial charge in [0.25, 0.3) is 0 Å². The lowest BCUT2D eigenvalue weighted by Crippen LogP contribution is -2.36. The monoisotopic (exact) mass is 462 g/mol. The van der Waals surface area contributed by atoms with E-state index in [1.54, 1.807) is 25.6 Å². The van der Waals surface area contributed by atoms with Crippen LogP contribution in [-0.2, 0) is 4.79 Å². The summed E-state index contributed by atoms with van der Waals surface area (Å²) in [6.07, 6.45) is 10.2. The molecule has 2 unspecified atom stereocenters. The van der Waals surface area contributed by atoms with Crippen LogP contribution in [0, 0.1) is 5.92 Å². The van der Waals surface area contributed by atoms with E-state index >= 15 is 0 Å². The number of hydrogen-bond acceptors (Lipinski definition) is 6. The van der Waals surface area contributed by atoms with Crippen molar-refractivity contribution >= 4 is 22.6 Å². The molecule has 4 rings (SSSR count). The number of ether oxygens (including phenoxy) is 1. The molecular weight excluding hydrogens is 428 g/mol. The Morgan fingerprint density at radius 2 is 2.03 bits per heavy atom. The van der Waals surface area contributed by atoms with Gasteiger partial charge in [0, 0.05) is 23.8 Å². The Labute approximate surface area is 201 Å². The Morgan fingerprint density at radius 3 is 2.85 bits per heavy atom. The van der Waals surface area contributed by atoms with Gasteiger partial charge in [0.15, 0.2) is 0 Å². The average Bonchev–Trinajstić information content (AvgIpc) is 3.11. The van der Waals surface area contributed by atoms with Gasteiger partial charge in [-0.15, -0.1) is 0 Å². The Morgan fingerprint density at radius 1 is 1.12 bits per heavy atom. The van der Waals surface area contributed by atoms with Gasteiger partial charge in [-0.3, -0.25) is 9.78 Å². The molecule has 0 saturated heterocycles. The number of aliphatic hydroxyl groups excluding tert-OH is 1. The van der Waals surface area contributed by atoms with Gasteiger partial charge < -0.3 is 20.5 Å². The summed E-state index contributed by atoms with van der Waals surface area (Å²) in [6, 6.07) is 13.5. The van der Waals surface area contributed by atoms with E-state index in [0.29, 0.717) is 24.3 Å². The van der Waals surface area contributed by atoms with E-state index in [0.717, 1.165) is 67.2 Å². The molecule has 7 heteroatoms. The van der Waals surface area contributed by atoms with Crippen LogP contribution in [0.1, 0.15) is 56.6 Å². The van der Waals surface area contributed by atoms with Gasteiger partial charge in [-0.2, -0.15) is 0 Å². The zero-order chi connectivity index (χ0) is 23.8. The number of pyridine rings is 2. The van der Waals surface area contributed by atoms with Gasteiger partial charge in [0.05, 0.1) is 25.3 Å². The smallest absolute Gasteiger partial charge is 0.239 e. The Hall–Kier alpha value is -3.03. The number of rotatable bonds is 9. The van der Waals surface area contributed by atoms with Crippen LogP contribution in [0.15, 0.2) is 54.9 Å². The summed E-state index contributed by atoms with van der Waals surface area (Å²) >= 11 is 0. The van der Waals surface area contributed by atoms with Gasteiger partial charge in [-0.25, -0.2) is 4.98 Å². The molecule has 7 nitrogen and oxygen atoms in total. The molecule has 0 spiro atoms. The molecule has 1 aliphatic carbocycles. The molecule has 3 N–H and O–H groups in total. The number of nitrogens with one attached hydrogen (secondary N) is 2. The van der Waals surface area contributed by atoms with Crippen LogP contribution in [0.3, 0.4) is 0 Å². The predicted molar refractivity (Wildman–Crippen MR) is 134 cm³/mol. The molecule has 1 amide bonds. The van der Waals surface area contributed by atoms with Crippen molar-refractivity contribution in [1.29, 1.82) is 0 Å². The van der Waals surface area contributed by atoms with Crippen LogP contribution in [0.25, 0.3) is 10.9 Å². The number of amides is 1. The first-order valence-electron chi connectivity index (χ1n) is 12.2. The number of aliphatic hydroxyl groups is 1. The van der Waals surface area contributed by atoms with E-state index in [-0.39, 0.29) is 5.91 Å². The minimum Gasteiger partial charge on any atom is -0.497 e. The van der Waals surface area contributed by atoms with E-state index in [1.165, 1.54) is 0 Å². The van der Waals surface area contributed by atoms with Crippen molar-refractivity contribution in [1.82, 2.24) is 15.3 Å².